The van der Waals surface area contributed by atoms with E-state index in [9.17, 15) is 13.2 Å². The second-order valence-electron chi connectivity index (χ2n) is 5.60. The zero-order valence-electron chi connectivity index (χ0n) is 12.8. The third-order valence-corrected chi connectivity index (χ3v) is 5.65. The number of carbonyl (C=O) groups excluding carboxylic acids is 1. The monoisotopic (exact) mass is 389 g/mol. The molecule has 0 aromatic heterocycles. The normalized spacial score (nSPS) is 22.7. The van der Waals surface area contributed by atoms with Crippen molar-refractivity contribution in [2.45, 2.75) is 37.8 Å². The van der Waals surface area contributed by atoms with Crippen molar-refractivity contribution in [1.82, 2.24) is 10.2 Å². The van der Waals surface area contributed by atoms with Crippen LogP contribution in [0.1, 0.15) is 29.8 Å². The summed E-state index contributed by atoms with van der Waals surface area (Å²) in [7, 11) is -3.88. The third kappa shape index (κ3) is 3.34. The Kier molecular flexibility index (Phi) is 4.96. The average molecular weight is 390 g/mol. The lowest BCUT2D eigenvalue weighted by molar-refractivity contribution is 0.0602. The van der Waals surface area contributed by atoms with Crippen LogP contribution >= 0.6 is 15.9 Å². The van der Waals surface area contributed by atoms with Gasteiger partial charge in [-0.1, -0.05) is 15.9 Å². The zero-order chi connectivity index (χ0) is 16.7. The van der Waals surface area contributed by atoms with Crippen LogP contribution in [0.25, 0.3) is 0 Å². The molecule has 2 unspecified atom stereocenters. The number of hydrogen-bond donors (Lipinski definition) is 2. The highest BCUT2D eigenvalue weighted by atomic mass is 79.9. The summed E-state index contributed by atoms with van der Waals surface area (Å²) < 4.78 is 23.9. The van der Waals surface area contributed by atoms with Gasteiger partial charge in [0.1, 0.15) is 0 Å². The molecule has 0 saturated carbocycles. The molecule has 122 valence electrons. The van der Waals surface area contributed by atoms with Crippen molar-refractivity contribution in [2.24, 2.45) is 5.14 Å². The van der Waals surface area contributed by atoms with Gasteiger partial charge in [0.25, 0.3) is 5.91 Å². The van der Waals surface area contributed by atoms with Gasteiger partial charge in [-0.15, -0.1) is 0 Å². The molecule has 1 aliphatic rings. The number of amides is 1. The number of carbonyl (C=O) groups is 1. The van der Waals surface area contributed by atoms with E-state index < -0.39 is 10.0 Å². The van der Waals surface area contributed by atoms with Crippen molar-refractivity contribution in [1.29, 1.82) is 0 Å². The van der Waals surface area contributed by atoms with Crippen molar-refractivity contribution in [3.8, 4) is 0 Å². The predicted molar refractivity (Wildman–Crippen MR) is 88.2 cm³/mol. The molecule has 0 aliphatic carbocycles. The average Bonchev–Trinajstić information content (AvgIpc) is 2.42. The smallest absolute Gasteiger partial charge is 0.254 e. The molecule has 1 fully saturated rings. The molecule has 0 bridgehead atoms. The largest absolute Gasteiger partial charge is 0.333 e. The number of sulfonamides is 1. The molecule has 2 rings (SSSR count). The van der Waals surface area contributed by atoms with Crippen LogP contribution in [0.3, 0.4) is 0 Å². The molecule has 0 radical (unpaired) electrons. The van der Waals surface area contributed by atoms with Crippen molar-refractivity contribution >= 4 is 31.9 Å². The van der Waals surface area contributed by atoms with Gasteiger partial charge in [-0.3, -0.25) is 4.79 Å². The van der Waals surface area contributed by atoms with Crippen LogP contribution < -0.4 is 10.5 Å². The minimum atomic E-state index is -3.88. The number of piperazine rings is 1. The molecule has 0 spiro atoms. The third-order valence-electron chi connectivity index (χ3n) is 4.16. The lowest BCUT2D eigenvalue weighted by Crippen LogP contribution is -2.57. The molecule has 1 saturated heterocycles. The predicted octanol–water partition coefficient (Wildman–Crippen LogP) is 1.23. The van der Waals surface area contributed by atoms with Crippen LogP contribution in [0.4, 0.5) is 0 Å². The van der Waals surface area contributed by atoms with Gasteiger partial charge in [-0.2, -0.15) is 0 Å². The number of primary sulfonamides is 1. The number of halogens is 1. The van der Waals surface area contributed by atoms with E-state index >= 15 is 0 Å². The van der Waals surface area contributed by atoms with Gasteiger partial charge in [0.2, 0.25) is 10.0 Å². The maximum Gasteiger partial charge on any atom is 0.254 e. The van der Waals surface area contributed by atoms with E-state index in [1.807, 2.05) is 13.8 Å². The van der Waals surface area contributed by atoms with Crippen LogP contribution in [0.15, 0.2) is 21.5 Å². The highest BCUT2D eigenvalue weighted by molar-refractivity contribution is 9.10. The SMILES string of the molecule is Cc1c(C(=O)N2CCNC(C)C2C)cc(Br)cc1S(N)(=O)=O. The topological polar surface area (TPSA) is 92.5 Å². The minimum absolute atomic E-state index is 0.0255. The number of nitrogens with two attached hydrogens (primary N) is 1. The molecule has 2 atom stereocenters. The Morgan fingerprint density at radius 2 is 2.05 bits per heavy atom. The van der Waals surface area contributed by atoms with E-state index in [0.29, 0.717) is 28.7 Å². The van der Waals surface area contributed by atoms with Gasteiger partial charge in [-0.25, -0.2) is 13.6 Å². The second kappa shape index (κ2) is 6.27. The lowest BCUT2D eigenvalue weighted by Gasteiger charge is -2.39. The molecule has 1 aromatic carbocycles. The molecule has 8 heteroatoms. The van der Waals surface area contributed by atoms with Gasteiger partial charge in [0, 0.05) is 35.2 Å². The maximum atomic E-state index is 12.8. The van der Waals surface area contributed by atoms with Crippen molar-refractivity contribution < 1.29 is 13.2 Å². The first kappa shape index (κ1) is 17.4. The molecule has 1 amide bonds. The van der Waals surface area contributed by atoms with E-state index in [1.165, 1.54) is 6.07 Å². The Morgan fingerprint density at radius 1 is 1.41 bits per heavy atom. The number of benzene rings is 1. The first-order chi connectivity index (χ1) is 10.1. The molecular formula is C14H20BrN3O3S. The van der Waals surface area contributed by atoms with E-state index in [0.717, 1.165) is 0 Å². The highest BCUT2D eigenvalue weighted by Crippen LogP contribution is 2.26. The number of rotatable bonds is 2. The van der Waals surface area contributed by atoms with E-state index in [1.54, 1.807) is 17.9 Å². The quantitative estimate of drug-likeness (QED) is 0.795. The Balaban J connectivity index is 2.48. The number of nitrogens with zero attached hydrogens (tertiary/aromatic N) is 1. The summed E-state index contributed by atoms with van der Waals surface area (Å²) in [6, 6.07) is 3.28. The Morgan fingerprint density at radius 3 is 2.64 bits per heavy atom. The van der Waals surface area contributed by atoms with Crippen LogP contribution in [0, 0.1) is 6.92 Å². The summed E-state index contributed by atoms with van der Waals surface area (Å²) in [5.41, 5.74) is 0.744. The number of hydrogen-bond acceptors (Lipinski definition) is 4. The Hall–Kier alpha value is -0.960. The van der Waals surface area contributed by atoms with Crippen LogP contribution in [0.2, 0.25) is 0 Å². The molecule has 6 nitrogen and oxygen atoms in total. The molecular weight excluding hydrogens is 370 g/mol. The van der Waals surface area contributed by atoms with Gasteiger partial charge in [-0.05, 0) is 38.5 Å². The van der Waals surface area contributed by atoms with Crippen molar-refractivity contribution in [2.75, 3.05) is 13.1 Å². The lowest BCUT2D eigenvalue weighted by atomic mass is 10.0. The van der Waals surface area contributed by atoms with Crippen molar-refractivity contribution in [3.05, 3.63) is 27.7 Å². The molecule has 3 N–H and O–H groups in total. The standard InChI is InChI=1S/C14H20BrN3O3S/c1-8-12(6-11(15)7-13(8)22(16,20)21)14(19)18-5-4-17-9(2)10(18)3/h6-7,9-10,17H,4-5H2,1-3H3,(H2,16,20,21). The Bertz CT molecular complexity index is 706. The van der Waals surface area contributed by atoms with Gasteiger partial charge < -0.3 is 10.2 Å². The molecule has 22 heavy (non-hydrogen) atoms. The highest BCUT2D eigenvalue weighted by Gasteiger charge is 2.30. The fraction of sp³-hybridized carbons (Fsp3) is 0.500. The molecule has 1 aliphatic heterocycles. The van der Waals surface area contributed by atoms with Gasteiger partial charge in [0.05, 0.1) is 4.90 Å². The summed E-state index contributed by atoms with van der Waals surface area (Å²) in [6.07, 6.45) is 0. The van der Waals surface area contributed by atoms with Crippen LogP contribution in [-0.2, 0) is 10.0 Å². The van der Waals surface area contributed by atoms with Crippen molar-refractivity contribution in [3.63, 3.8) is 0 Å². The summed E-state index contributed by atoms with van der Waals surface area (Å²) in [5, 5.41) is 8.55. The van der Waals surface area contributed by atoms with Crippen LogP contribution in [-0.4, -0.2) is 44.4 Å². The number of nitrogens with one attached hydrogen (secondary N) is 1. The minimum Gasteiger partial charge on any atom is -0.333 e. The summed E-state index contributed by atoms with van der Waals surface area (Å²) in [6.45, 7) is 6.90. The molecule has 1 heterocycles. The van der Waals surface area contributed by atoms with E-state index in [2.05, 4.69) is 21.2 Å². The Labute approximate surface area is 139 Å². The zero-order valence-corrected chi connectivity index (χ0v) is 15.2. The fourth-order valence-corrected chi connectivity index (χ4v) is 4.11. The van der Waals surface area contributed by atoms with Crippen LogP contribution in [0.5, 0.6) is 0 Å². The summed E-state index contributed by atoms with van der Waals surface area (Å²) >= 11 is 3.26. The fourth-order valence-electron chi connectivity index (χ4n) is 2.67. The second-order valence-corrected chi connectivity index (χ2v) is 8.05. The first-order valence-corrected chi connectivity index (χ1v) is 9.34. The van der Waals surface area contributed by atoms with E-state index in [4.69, 9.17) is 5.14 Å². The summed E-state index contributed by atoms with van der Waals surface area (Å²) in [5.74, 6) is -0.176. The van der Waals surface area contributed by atoms with E-state index in [-0.39, 0.29) is 22.9 Å². The van der Waals surface area contributed by atoms with Gasteiger partial charge >= 0.3 is 0 Å². The molecule has 1 aromatic rings. The van der Waals surface area contributed by atoms with Gasteiger partial charge in [0.15, 0.2) is 0 Å². The summed E-state index contributed by atoms with van der Waals surface area (Å²) in [4.78, 5) is 14.6. The first-order valence-electron chi connectivity index (χ1n) is 7.00. The maximum absolute atomic E-state index is 12.8.